The van der Waals surface area contributed by atoms with Crippen LogP contribution in [0.15, 0.2) is 0 Å². The van der Waals surface area contributed by atoms with Gasteiger partial charge in [0.2, 0.25) is 0 Å². The third-order valence-corrected chi connectivity index (χ3v) is 0.951. The summed E-state index contributed by atoms with van der Waals surface area (Å²) < 4.78 is 4.51. The minimum Gasteiger partial charge on any atom is -0.465 e. The molecule has 0 bridgehead atoms. The molecule has 1 unspecified atom stereocenters. The third kappa shape index (κ3) is 4.82. The highest BCUT2D eigenvalue weighted by molar-refractivity contribution is 5.37. The first-order chi connectivity index (χ1) is 4.31. The Hall–Kier alpha value is -1.04. The maximum atomic E-state index is 9.67. The van der Waals surface area contributed by atoms with Crippen molar-refractivity contribution >= 4 is 6.47 Å². The lowest BCUT2D eigenvalue weighted by Crippen LogP contribution is -2.05. The molecule has 3 heteroatoms. The van der Waals surface area contributed by atoms with Crippen LogP contribution < -0.4 is 0 Å². The second kappa shape index (κ2) is 5.10. The molecule has 3 nitrogen and oxygen atoms in total. The van der Waals surface area contributed by atoms with E-state index in [1.54, 1.807) is 6.92 Å². The molecular formula is C6H9NO2. The van der Waals surface area contributed by atoms with Gasteiger partial charge >= 0.3 is 0 Å². The van der Waals surface area contributed by atoms with Crippen LogP contribution in [0.4, 0.5) is 0 Å². The first-order valence-corrected chi connectivity index (χ1v) is 2.77. The molecule has 0 aromatic heterocycles. The number of hydrogen-bond acceptors (Lipinski definition) is 3. The molecule has 0 aromatic rings. The van der Waals surface area contributed by atoms with Crippen molar-refractivity contribution in [1.82, 2.24) is 0 Å². The number of carbonyl (C=O) groups excluding carboxylic acids is 1. The monoisotopic (exact) mass is 127 g/mol. The smallest absolute Gasteiger partial charge is 0.293 e. The van der Waals surface area contributed by atoms with E-state index in [-0.39, 0.29) is 6.10 Å². The van der Waals surface area contributed by atoms with Crippen LogP contribution in [0, 0.1) is 11.3 Å². The van der Waals surface area contributed by atoms with Crippen LogP contribution >= 0.6 is 0 Å². The highest BCUT2D eigenvalue weighted by Crippen LogP contribution is 1.97. The first-order valence-electron chi connectivity index (χ1n) is 2.77. The van der Waals surface area contributed by atoms with Gasteiger partial charge in [-0.1, -0.05) is 0 Å². The predicted octanol–water partition coefficient (Wildman–Crippen LogP) is 0.852. The second-order valence-electron chi connectivity index (χ2n) is 1.74. The van der Waals surface area contributed by atoms with E-state index in [0.29, 0.717) is 19.3 Å². The number of rotatable bonds is 4. The Morgan fingerprint density at radius 1 is 1.89 bits per heavy atom. The summed E-state index contributed by atoms with van der Waals surface area (Å²) in [5.41, 5.74) is 0. The summed E-state index contributed by atoms with van der Waals surface area (Å²) in [4.78, 5) is 9.67. The fourth-order valence-corrected chi connectivity index (χ4v) is 0.431. The van der Waals surface area contributed by atoms with Crippen LogP contribution in [0.1, 0.15) is 19.8 Å². The van der Waals surface area contributed by atoms with Gasteiger partial charge in [-0.2, -0.15) is 5.26 Å². The molecule has 0 saturated heterocycles. The molecule has 0 rings (SSSR count). The number of hydrogen-bond donors (Lipinski definition) is 0. The predicted molar refractivity (Wildman–Crippen MR) is 31.5 cm³/mol. The number of nitrogens with zero attached hydrogens (tertiary/aromatic N) is 1. The molecule has 0 aliphatic rings. The summed E-state index contributed by atoms with van der Waals surface area (Å²) in [6, 6.07) is 1.96. The Morgan fingerprint density at radius 3 is 3.00 bits per heavy atom. The fourth-order valence-electron chi connectivity index (χ4n) is 0.431. The Morgan fingerprint density at radius 2 is 2.56 bits per heavy atom. The largest absolute Gasteiger partial charge is 0.465 e. The molecule has 0 aliphatic carbocycles. The topological polar surface area (TPSA) is 50.1 Å². The van der Waals surface area contributed by atoms with Gasteiger partial charge in [-0.25, -0.2) is 0 Å². The van der Waals surface area contributed by atoms with E-state index in [0.717, 1.165) is 0 Å². The van der Waals surface area contributed by atoms with Gasteiger partial charge < -0.3 is 4.74 Å². The van der Waals surface area contributed by atoms with Crippen molar-refractivity contribution in [2.75, 3.05) is 0 Å². The van der Waals surface area contributed by atoms with Gasteiger partial charge in [-0.3, -0.25) is 4.79 Å². The van der Waals surface area contributed by atoms with Gasteiger partial charge in [0.15, 0.2) is 0 Å². The Balaban J connectivity index is 3.17. The van der Waals surface area contributed by atoms with E-state index in [1.165, 1.54) is 0 Å². The average Bonchev–Trinajstić information content (AvgIpc) is 1.85. The molecule has 0 N–H and O–H groups in total. The molecule has 0 spiro atoms. The zero-order valence-electron chi connectivity index (χ0n) is 5.33. The van der Waals surface area contributed by atoms with E-state index in [9.17, 15) is 4.79 Å². The lowest BCUT2D eigenvalue weighted by atomic mass is 10.2. The molecule has 0 fully saturated rings. The zero-order chi connectivity index (χ0) is 7.11. The molecule has 1 atom stereocenters. The first kappa shape index (κ1) is 7.96. The van der Waals surface area contributed by atoms with Crippen LogP contribution in [0.3, 0.4) is 0 Å². The summed E-state index contributed by atoms with van der Waals surface area (Å²) >= 11 is 0. The molecule has 0 aromatic carbocycles. The molecule has 9 heavy (non-hydrogen) atoms. The zero-order valence-corrected chi connectivity index (χ0v) is 5.33. The Bertz CT molecular complexity index is 117. The summed E-state index contributed by atoms with van der Waals surface area (Å²) in [7, 11) is 0. The van der Waals surface area contributed by atoms with Gasteiger partial charge in [0.05, 0.1) is 12.2 Å². The molecule has 0 amide bonds. The molecule has 0 saturated carbocycles. The van der Waals surface area contributed by atoms with E-state index in [1.807, 2.05) is 6.07 Å². The highest BCUT2D eigenvalue weighted by Gasteiger charge is 1.98. The van der Waals surface area contributed by atoms with Gasteiger partial charge in [-0.05, 0) is 13.3 Å². The highest BCUT2D eigenvalue weighted by atomic mass is 16.5. The van der Waals surface area contributed by atoms with Gasteiger partial charge in [-0.15, -0.1) is 0 Å². The van der Waals surface area contributed by atoms with Crippen LogP contribution in [-0.2, 0) is 9.53 Å². The van der Waals surface area contributed by atoms with Crippen molar-refractivity contribution in [3.8, 4) is 6.07 Å². The van der Waals surface area contributed by atoms with Crippen LogP contribution in [-0.4, -0.2) is 12.6 Å². The van der Waals surface area contributed by atoms with Crippen LogP contribution in [0.25, 0.3) is 0 Å². The fraction of sp³-hybridized carbons (Fsp3) is 0.667. The lowest BCUT2D eigenvalue weighted by molar-refractivity contribution is -0.132. The SMILES string of the molecule is CC(CCC#N)OC=O. The lowest BCUT2D eigenvalue weighted by Gasteiger charge is -2.04. The average molecular weight is 127 g/mol. The number of carbonyl (C=O) groups is 1. The second-order valence-corrected chi connectivity index (χ2v) is 1.74. The summed E-state index contributed by atoms with van der Waals surface area (Å²) in [5.74, 6) is 0. The molecule has 50 valence electrons. The normalized spacial score (nSPS) is 11.6. The van der Waals surface area contributed by atoms with Gasteiger partial charge in [0, 0.05) is 6.42 Å². The maximum Gasteiger partial charge on any atom is 0.293 e. The molecular weight excluding hydrogens is 118 g/mol. The minimum atomic E-state index is -0.123. The maximum absolute atomic E-state index is 9.67. The molecule has 0 aliphatic heterocycles. The molecule has 0 radical (unpaired) electrons. The minimum absolute atomic E-state index is 0.123. The van der Waals surface area contributed by atoms with E-state index < -0.39 is 0 Å². The van der Waals surface area contributed by atoms with E-state index >= 15 is 0 Å². The van der Waals surface area contributed by atoms with E-state index in [4.69, 9.17) is 5.26 Å². The summed E-state index contributed by atoms with van der Waals surface area (Å²) in [5, 5.41) is 8.09. The number of nitriles is 1. The molecule has 0 heterocycles. The van der Waals surface area contributed by atoms with Crippen molar-refractivity contribution < 1.29 is 9.53 Å². The van der Waals surface area contributed by atoms with Crippen molar-refractivity contribution in [3.63, 3.8) is 0 Å². The quantitative estimate of drug-likeness (QED) is 0.526. The Labute approximate surface area is 54.2 Å². The number of ether oxygens (including phenoxy) is 1. The standard InChI is InChI=1S/C6H9NO2/c1-6(9-5-8)3-2-4-7/h5-6H,2-3H2,1H3. The van der Waals surface area contributed by atoms with Gasteiger partial charge in [0.25, 0.3) is 6.47 Å². The Kier molecular flexibility index (Phi) is 4.51. The van der Waals surface area contributed by atoms with Crippen LogP contribution in [0.2, 0.25) is 0 Å². The van der Waals surface area contributed by atoms with Crippen molar-refractivity contribution in [1.29, 1.82) is 5.26 Å². The van der Waals surface area contributed by atoms with Gasteiger partial charge in [0.1, 0.15) is 0 Å². The summed E-state index contributed by atoms with van der Waals surface area (Å²) in [6.07, 6.45) is 0.937. The van der Waals surface area contributed by atoms with Crippen molar-refractivity contribution in [2.24, 2.45) is 0 Å². The third-order valence-electron chi connectivity index (χ3n) is 0.951. The summed E-state index contributed by atoms with van der Waals surface area (Å²) in [6.45, 7) is 2.16. The van der Waals surface area contributed by atoms with Crippen molar-refractivity contribution in [3.05, 3.63) is 0 Å². The van der Waals surface area contributed by atoms with Crippen molar-refractivity contribution in [2.45, 2.75) is 25.9 Å². The van der Waals surface area contributed by atoms with Crippen LogP contribution in [0.5, 0.6) is 0 Å². The van der Waals surface area contributed by atoms with E-state index in [2.05, 4.69) is 4.74 Å².